The zero-order chi connectivity index (χ0) is 16.2. The highest BCUT2D eigenvalue weighted by Gasteiger charge is 2.22. The van der Waals surface area contributed by atoms with E-state index in [9.17, 15) is 4.39 Å². The Bertz CT molecular complexity index is 677. The maximum absolute atomic E-state index is 14.3. The number of likely N-dealkylation sites (tertiary alicyclic amines) is 1. The summed E-state index contributed by atoms with van der Waals surface area (Å²) >= 11 is 0. The van der Waals surface area contributed by atoms with E-state index >= 15 is 0 Å². The highest BCUT2D eigenvalue weighted by Crippen LogP contribution is 2.24. The molecule has 2 aromatic heterocycles. The minimum Gasteiger partial charge on any atom is -0.481 e. The predicted octanol–water partition coefficient (Wildman–Crippen LogP) is 3.44. The molecule has 124 valence electrons. The molecule has 4 nitrogen and oxygen atoms in total. The molecule has 1 aliphatic rings. The standard InChI is InChI=1S/C18H24FN3O/c1-3-4-13-7-9-22(12-13)10-8-14-15(19)11-20-16-5-6-17(23-2)21-18(14)16/h5-6,11,13H,3-4,7-10,12H2,1-2H3. The van der Waals surface area contributed by atoms with Gasteiger partial charge in [-0.05, 0) is 37.8 Å². The van der Waals surface area contributed by atoms with Gasteiger partial charge in [0.15, 0.2) is 0 Å². The first kappa shape index (κ1) is 16.1. The molecule has 1 saturated heterocycles. The van der Waals surface area contributed by atoms with Crippen LogP contribution in [0.3, 0.4) is 0 Å². The van der Waals surface area contributed by atoms with E-state index in [4.69, 9.17) is 4.74 Å². The number of hydrogen-bond donors (Lipinski definition) is 0. The Morgan fingerprint density at radius 1 is 1.39 bits per heavy atom. The second-order valence-corrected chi connectivity index (χ2v) is 6.30. The summed E-state index contributed by atoms with van der Waals surface area (Å²) in [5.74, 6) is 1.02. The molecule has 5 heteroatoms. The smallest absolute Gasteiger partial charge is 0.213 e. The second-order valence-electron chi connectivity index (χ2n) is 6.30. The lowest BCUT2D eigenvalue weighted by atomic mass is 10.0. The quantitative estimate of drug-likeness (QED) is 0.818. The Morgan fingerprint density at radius 3 is 3.04 bits per heavy atom. The largest absolute Gasteiger partial charge is 0.481 e. The van der Waals surface area contributed by atoms with Crippen LogP contribution in [-0.4, -0.2) is 41.6 Å². The van der Waals surface area contributed by atoms with Gasteiger partial charge in [-0.1, -0.05) is 13.3 Å². The van der Waals surface area contributed by atoms with Crippen molar-refractivity contribution in [1.82, 2.24) is 14.9 Å². The van der Waals surface area contributed by atoms with Crippen LogP contribution in [0, 0.1) is 11.7 Å². The molecule has 1 aliphatic heterocycles. The van der Waals surface area contributed by atoms with Gasteiger partial charge in [-0.3, -0.25) is 4.98 Å². The first-order valence-corrected chi connectivity index (χ1v) is 8.41. The van der Waals surface area contributed by atoms with Crippen molar-refractivity contribution in [3.8, 4) is 5.88 Å². The van der Waals surface area contributed by atoms with Gasteiger partial charge < -0.3 is 9.64 Å². The molecule has 3 heterocycles. The molecule has 0 amide bonds. The number of fused-ring (bicyclic) bond motifs is 1. The number of pyridine rings is 2. The topological polar surface area (TPSA) is 38.2 Å². The molecular formula is C18H24FN3O. The fourth-order valence-corrected chi connectivity index (χ4v) is 3.46. The molecule has 0 radical (unpaired) electrons. The van der Waals surface area contributed by atoms with E-state index in [1.165, 1.54) is 25.5 Å². The van der Waals surface area contributed by atoms with E-state index in [2.05, 4.69) is 21.8 Å². The van der Waals surface area contributed by atoms with Crippen LogP contribution in [0.2, 0.25) is 0 Å². The molecule has 1 atom stereocenters. The van der Waals surface area contributed by atoms with Crippen molar-refractivity contribution in [3.05, 3.63) is 29.7 Å². The summed E-state index contributed by atoms with van der Waals surface area (Å²) in [6, 6.07) is 3.59. The Labute approximate surface area is 136 Å². The van der Waals surface area contributed by atoms with Crippen LogP contribution in [0.5, 0.6) is 5.88 Å². The van der Waals surface area contributed by atoms with E-state index in [-0.39, 0.29) is 5.82 Å². The number of rotatable bonds is 6. The lowest BCUT2D eigenvalue weighted by molar-refractivity contribution is 0.323. The van der Waals surface area contributed by atoms with Crippen LogP contribution in [0.15, 0.2) is 18.3 Å². The number of ether oxygens (including phenoxy) is 1. The summed E-state index contributed by atoms with van der Waals surface area (Å²) in [5, 5.41) is 0. The summed E-state index contributed by atoms with van der Waals surface area (Å²) in [6.07, 6.45) is 5.76. The molecule has 0 aromatic carbocycles. The second kappa shape index (κ2) is 7.21. The van der Waals surface area contributed by atoms with Crippen molar-refractivity contribution in [2.75, 3.05) is 26.7 Å². The van der Waals surface area contributed by atoms with Gasteiger partial charge in [0.05, 0.1) is 24.3 Å². The zero-order valence-electron chi connectivity index (χ0n) is 13.9. The fourth-order valence-electron chi connectivity index (χ4n) is 3.46. The molecule has 23 heavy (non-hydrogen) atoms. The van der Waals surface area contributed by atoms with Gasteiger partial charge in [-0.2, -0.15) is 0 Å². The van der Waals surface area contributed by atoms with Gasteiger partial charge in [-0.25, -0.2) is 9.37 Å². The Kier molecular flexibility index (Phi) is 5.06. The molecule has 3 rings (SSSR count). The summed E-state index contributed by atoms with van der Waals surface area (Å²) in [6.45, 7) is 5.36. The third kappa shape index (κ3) is 3.61. The highest BCUT2D eigenvalue weighted by molar-refractivity contribution is 5.78. The molecule has 2 aromatic rings. The molecule has 0 saturated carbocycles. The maximum Gasteiger partial charge on any atom is 0.213 e. The van der Waals surface area contributed by atoms with Gasteiger partial charge in [0.25, 0.3) is 0 Å². The first-order chi connectivity index (χ1) is 11.2. The lowest BCUT2D eigenvalue weighted by Crippen LogP contribution is -2.24. The van der Waals surface area contributed by atoms with Gasteiger partial charge in [0.1, 0.15) is 5.82 Å². The number of aromatic nitrogens is 2. The van der Waals surface area contributed by atoms with Crippen LogP contribution in [0.25, 0.3) is 11.0 Å². The average Bonchev–Trinajstić information content (AvgIpc) is 3.01. The van der Waals surface area contributed by atoms with Crippen molar-refractivity contribution < 1.29 is 9.13 Å². The SMILES string of the molecule is CCCC1CCN(CCc2c(F)cnc3ccc(OC)nc23)C1. The predicted molar refractivity (Wildman–Crippen MR) is 89.2 cm³/mol. The summed E-state index contributed by atoms with van der Waals surface area (Å²) in [5.41, 5.74) is 1.98. The fraction of sp³-hybridized carbons (Fsp3) is 0.556. The molecule has 0 bridgehead atoms. The Hall–Kier alpha value is -1.75. The Morgan fingerprint density at radius 2 is 2.26 bits per heavy atom. The van der Waals surface area contributed by atoms with Crippen LogP contribution in [-0.2, 0) is 6.42 Å². The average molecular weight is 317 g/mol. The van der Waals surface area contributed by atoms with Crippen LogP contribution < -0.4 is 4.74 Å². The number of halogens is 1. The van der Waals surface area contributed by atoms with Crippen molar-refractivity contribution in [2.24, 2.45) is 5.92 Å². The number of methoxy groups -OCH3 is 1. The molecule has 1 unspecified atom stereocenters. The summed E-state index contributed by atoms with van der Waals surface area (Å²) in [4.78, 5) is 11.0. The van der Waals surface area contributed by atoms with Crippen molar-refractivity contribution in [2.45, 2.75) is 32.6 Å². The van der Waals surface area contributed by atoms with Gasteiger partial charge in [0, 0.05) is 24.7 Å². The van der Waals surface area contributed by atoms with Gasteiger partial charge in [0.2, 0.25) is 5.88 Å². The molecule has 1 fully saturated rings. The lowest BCUT2D eigenvalue weighted by Gasteiger charge is -2.16. The zero-order valence-corrected chi connectivity index (χ0v) is 13.9. The number of nitrogens with zero attached hydrogens (tertiary/aromatic N) is 3. The van der Waals surface area contributed by atoms with Crippen molar-refractivity contribution >= 4 is 11.0 Å². The number of hydrogen-bond acceptors (Lipinski definition) is 4. The van der Waals surface area contributed by atoms with E-state index in [1.54, 1.807) is 13.2 Å². The van der Waals surface area contributed by atoms with E-state index in [0.29, 0.717) is 28.9 Å². The van der Waals surface area contributed by atoms with Crippen LogP contribution in [0.1, 0.15) is 31.7 Å². The van der Waals surface area contributed by atoms with E-state index in [0.717, 1.165) is 25.6 Å². The van der Waals surface area contributed by atoms with Crippen LogP contribution in [0.4, 0.5) is 4.39 Å². The molecular weight excluding hydrogens is 293 g/mol. The van der Waals surface area contributed by atoms with Crippen molar-refractivity contribution in [1.29, 1.82) is 0 Å². The van der Waals surface area contributed by atoms with E-state index in [1.807, 2.05) is 6.07 Å². The first-order valence-electron chi connectivity index (χ1n) is 8.41. The Balaban J connectivity index is 1.75. The minimum absolute atomic E-state index is 0.275. The molecule has 0 spiro atoms. The summed E-state index contributed by atoms with van der Waals surface area (Å²) < 4.78 is 19.4. The van der Waals surface area contributed by atoms with E-state index < -0.39 is 0 Å². The normalized spacial score (nSPS) is 18.7. The summed E-state index contributed by atoms with van der Waals surface area (Å²) in [7, 11) is 1.57. The maximum atomic E-state index is 14.3. The highest BCUT2D eigenvalue weighted by atomic mass is 19.1. The van der Waals surface area contributed by atoms with Gasteiger partial charge >= 0.3 is 0 Å². The minimum atomic E-state index is -0.275. The third-order valence-corrected chi connectivity index (χ3v) is 4.69. The van der Waals surface area contributed by atoms with Gasteiger partial charge in [-0.15, -0.1) is 0 Å². The molecule has 0 aliphatic carbocycles. The van der Waals surface area contributed by atoms with Crippen molar-refractivity contribution in [3.63, 3.8) is 0 Å². The monoisotopic (exact) mass is 317 g/mol. The molecule has 0 N–H and O–H groups in total. The third-order valence-electron chi connectivity index (χ3n) is 4.69. The van der Waals surface area contributed by atoms with Crippen LogP contribution >= 0.6 is 0 Å².